The van der Waals surface area contributed by atoms with Crippen molar-refractivity contribution < 1.29 is 13.2 Å². The van der Waals surface area contributed by atoms with Gasteiger partial charge in [0.1, 0.15) is 0 Å². The molecule has 12 heteroatoms. The van der Waals surface area contributed by atoms with E-state index >= 15 is 0 Å². The fraction of sp³-hybridized carbons (Fsp3) is 0.167. The standard InChI is InChI=1S/C18H16ClN5O3S3/c1-3-7-28-18-24-23-16(29-18)22-15(25)14-13(19)9-20-17(21-14)30(26,27)10-12-6-4-5-11(2)8-12/h3-6,8-9H,1,7,10H2,2H3,(H,22,23,25). The van der Waals surface area contributed by atoms with Gasteiger partial charge in [-0.05, 0) is 12.5 Å². The first-order valence-electron chi connectivity index (χ1n) is 8.48. The number of benzene rings is 1. The zero-order valence-electron chi connectivity index (χ0n) is 15.7. The van der Waals surface area contributed by atoms with Crippen molar-refractivity contribution >= 4 is 55.6 Å². The molecule has 0 unspecified atom stereocenters. The zero-order chi connectivity index (χ0) is 21.7. The van der Waals surface area contributed by atoms with E-state index in [-0.39, 0.29) is 21.6 Å². The second kappa shape index (κ2) is 9.65. The Labute approximate surface area is 186 Å². The van der Waals surface area contributed by atoms with Crippen molar-refractivity contribution in [1.82, 2.24) is 20.2 Å². The molecular formula is C18H16ClN5O3S3. The van der Waals surface area contributed by atoms with Crippen molar-refractivity contribution in [3.05, 3.63) is 65.0 Å². The number of hydrogen-bond donors (Lipinski definition) is 1. The molecule has 0 fully saturated rings. The van der Waals surface area contributed by atoms with Gasteiger partial charge in [-0.2, -0.15) is 0 Å². The Kier molecular flexibility index (Phi) is 7.19. The van der Waals surface area contributed by atoms with Gasteiger partial charge in [-0.25, -0.2) is 18.4 Å². The molecule has 0 atom stereocenters. The lowest BCUT2D eigenvalue weighted by atomic mass is 10.2. The van der Waals surface area contributed by atoms with Crippen LogP contribution in [-0.2, 0) is 15.6 Å². The summed E-state index contributed by atoms with van der Waals surface area (Å²) in [6.45, 7) is 5.49. The summed E-state index contributed by atoms with van der Waals surface area (Å²) in [4.78, 5) is 20.3. The van der Waals surface area contributed by atoms with Crippen LogP contribution in [0.1, 0.15) is 21.6 Å². The molecule has 0 bridgehead atoms. The maximum Gasteiger partial charge on any atom is 0.277 e. The molecule has 0 saturated heterocycles. The molecule has 1 N–H and O–H groups in total. The molecular weight excluding hydrogens is 466 g/mol. The van der Waals surface area contributed by atoms with Gasteiger partial charge in [0.05, 0.1) is 17.0 Å². The van der Waals surface area contributed by atoms with Crippen LogP contribution in [0.3, 0.4) is 0 Å². The molecule has 2 heterocycles. The summed E-state index contributed by atoms with van der Waals surface area (Å²) in [5.74, 6) is -0.342. The number of carbonyl (C=O) groups excluding carboxylic acids is 1. The summed E-state index contributed by atoms with van der Waals surface area (Å²) < 4.78 is 26.1. The summed E-state index contributed by atoms with van der Waals surface area (Å²) >= 11 is 8.62. The minimum atomic E-state index is -3.88. The van der Waals surface area contributed by atoms with Crippen molar-refractivity contribution in [2.75, 3.05) is 11.1 Å². The van der Waals surface area contributed by atoms with Crippen LogP contribution < -0.4 is 5.32 Å². The molecule has 8 nitrogen and oxygen atoms in total. The number of aryl methyl sites for hydroxylation is 1. The van der Waals surface area contributed by atoms with Crippen LogP contribution in [0.4, 0.5) is 5.13 Å². The van der Waals surface area contributed by atoms with E-state index in [9.17, 15) is 13.2 Å². The number of halogens is 1. The lowest BCUT2D eigenvalue weighted by Crippen LogP contribution is -2.18. The average molecular weight is 482 g/mol. The van der Waals surface area contributed by atoms with E-state index in [1.54, 1.807) is 24.3 Å². The third kappa shape index (κ3) is 5.63. The van der Waals surface area contributed by atoms with E-state index in [1.807, 2.05) is 13.0 Å². The van der Waals surface area contributed by atoms with Gasteiger partial charge in [-0.15, -0.1) is 16.8 Å². The second-order valence-corrected chi connectivity index (χ2v) is 10.6. The lowest BCUT2D eigenvalue weighted by molar-refractivity contribution is 0.102. The predicted molar refractivity (Wildman–Crippen MR) is 118 cm³/mol. The summed E-state index contributed by atoms with van der Waals surface area (Å²) in [7, 11) is -3.88. The lowest BCUT2D eigenvalue weighted by Gasteiger charge is -2.07. The highest BCUT2D eigenvalue weighted by Crippen LogP contribution is 2.26. The van der Waals surface area contributed by atoms with E-state index < -0.39 is 20.9 Å². The van der Waals surface area contributed by atoms with Gasteiger partial charge in [0.15, 0.2) is 10.0 Å². The van der Waals surface area contributed by atoms with Crippen LogP contribution >= 0.6 is 34.7 Å². The van der Waals surface area contributed by atoms with E-state index in [2.05, 4.69) is 32.1 Å². The van der Waals surface area contributed by atoms with E-state index in [4.69, 9.17) is 11.6 Å². The minimum absolute atomic E-state index is 0.0761. The number of rotatable bonds is 8. The van der Waals surface area contributed by atoms with Gasteiger partial charge >= 0.3 is 0 Å². The highest BCUT2D eigenvalue weighted by atomic mass is 35.5. The smallest absolute Gasteiger partial charge is 0.277 e. The molecule has 156 valence electrons. The van der Waals surface area contributed by atoms with Crippen LogP contribution in [0.5, 0.6) is 0 Å². The number of nitrogens with zero attached hydrogens (tertiary/aromatic N) is 4. The third-order valence-electron chi connectivity index (χ3n) is 3.61. The summed E-state index contributed by atoms with van der Waals surface area (Å²) in [6, 6.07) is 7.10. The van der Waals surface area contributed by atoms with Gasteiger partial charge in [0.2, 0.25) is 20.1 Å². The monoisotopic (exact) mass is 481 g/mol. The quantitative estimate of drug-likeness (QED) is 0.223. The molecule has 0 aliphatic carbocycles. The molecule has 0 aliphatic rings. The minimum Gasteiger partial charge on any atom is -0.295 e. The number of sulfone groups is 1. The molecule has 2 aromatic heterocycles. The van der Waals surface area contributed by atoms with Crippen molar-refractivity contribution in [2.24, 2.45) is 0 Å². The Hall–Kier alpha value is -2.34. The van der Waals surface area contributed by atoms with Crippen LogP contribution in [0.25, 0.3) is 0 Å². The maximum atomic E-state index is 12.7. The number of anilines is 1. The van der Waals surface area contributed by atoms with Crippen LogP contribution in [-0.4, -0.2) is 40.2 Å². The molecule has 1 aromatic carbocycles. The highest BCUT2D eigenvalue weighted by Gasteiger charge is 2.23. The van der Waals surface area contributed by atoms with Crippen molar-refractivity contribution in [1.29, 1.82) is 0 Å². The van der Waals surface area contributed by atoms with Gasteiger partial charge in [-0.3, -0.25) is 10.1 Å². The molecule has 30 heavy (non-hydrogen) atoms. The van der Waals surface area contributed by atoms with Crippen LogP contribution in [0.15, 0.2) is 52.6 Å². The fourth-order valence-corrected chi connectivity index (χ4v) is 5.23. The zero-order valence-corrected chi connectivity index (χ0v) is 18.9. The largest absolute Gasteiger partial charge is 0.295 e. The van der Waals surface area contributed by atoms with Crippen molar-refractivity contribution in [3.63, 3.8) is 0 Å². The first kappa shape index (κ1) is 22.3. The Morgan fingerprint density at radius 3 is 2.90 bits per heavy atom. The SMILES string of the molecule is C=CCSc1nnc(NC(=O)c2nc(S(=O)(=O)Cc3cccc(C)c3)ncc2Cl)s1. The first-order chi connectivity index (χ1) is 14.3. The van der Waals surface area contributed by atoms with Gasteiger partial charge < -0.3 is 0 Å². The average Bonchev–Trinajstić information content (AvgIpc) is 3.13. The van der Waals surface area contributed by atoms with Gasteiger partial charge in [0, 0.05) is 5.75 Å². The maximum absolute atomic E-state index is 12.7. The Bertz CT molecular complexity index is 1200. The van der Waals surface area contributed by atoms with E-state index in [0.717, 1.165) is 11.8 Å². The molecule has 0 radical (unpaired) electrons. The second-order valence-electron chi connectivity index (χ2n) is 6.02. The van der Waals surface area contributed by atoms with E-state index in [1.165, 1.54) is 23.1 Å². The number of carbonyl (C=O) groups is 1. The highest BCUT2D eigenvalue weighted by molar-refractivity contribution is 8.01. The number of amides is 1. The van der Waals surface area contributed by atoms with E-state index in [0.29, 0.717) is 15.7 Å². The topological polar surface area (TPSA) is 115 Å². The molecule has 3 aromatic rings. The number of aromatic nitrogens is 4. The summed E-state index contributed by atoms with van der Waals surface area (Å²) in [5, 5.41) is 10.0. The predicted octanol–water partition coefficient (Wildman–Crippen LogP) is 3.79. The molecule has 0 aliphatic heterocycles. The third-order valence-corrected chi connectivity index (χ3v) is 7.32. The number of nitrogens with one attached hydrogen (secondary N) is 1. The van der Waals surface area contributed by atoms with Crippen molar-refractivity contribution in [3.8, 4) is 0 Å². The fourth-order valence-electron chi connectivity index (χ4n) is 2.35. The summed E-state index contributed by atoms with van der Waals surface area (Å²) in [6.07, 6.45) is 2.82. The normalized spacial score (nSPS) is 11.3. The molecule has 1 amide bonds. The summed E-state index contributed by atoms with van der Waals surface area (Å²) in [5.41, 5.74) is 1.27. The Morgan fingerprint density at radius 1 is 1.37 bits per heavy atom. The molecule has 0 saturated carbocycles. The van der Waals surface area contributed by atoms with Gasteiger partial charge in [-0.1, -0.05) is 70.6 Å². The first-order valence-corrected chi connectivity index (χ1v) is 12.3. The van der Waals surface area contributed by atoms with Gasteiger partial charge in [0.25, 0.3) is 5.91 Å². The molecule has 0 spiro atoms. The number of thioether (sulfide) groups is 1. The number of hydrogen-bond acceptors (Lipinski definition) is 9. The van der Waals surface area contributed by atoms with Crippen molar-refractivity contribution in [2.45, 2.75) is 22.2 Å². The molecule has 3 rings (SSSR count). The van der Waals surface area contributed by atoms with Crippen LogP contribution in [0, 0.1) is 6.92 Å². The van der Waals surface area contributed by atoms with Crippen LogP contribution in [0.2, 0.25) is 5.02 Å². The Morgan fingerprint density at radius 2 is 2.17 bits per heavy atom. The Balaban J connectivity index is 1.81.